The van der Waals surface area contributed by atoms with Crippen molar-refractivity contribution in [2.45, 2.75) is 58.9 Å². The quantitative estimate of drug-likeness (QED) is 0.455. The van der Waals surface area contributed by atoms with Gasteiger partial charge in [-0.25, -0.2) is 0 Å². The average Bonchev–Trinajstić information content (AvgIpc) is 2.62. The van der Waals surface area contributed by atoms with Gasteiger partial charge >= 0.3 is 0 Å². The van der Waals surface area contributed by atoms with E-state index in [9.17, 15) is 9.59 Å². The Bertz CT molecular complexity index is 581. The molecular formula is C21H32N2O3. The number of primary amides is 1. The van der Waals surface area contributed by atoms with Gasteiger partial charge in [-0.2, -0.15) is 0 Å². The Morgan fingerprint density at radius 3 is 2.42 bits per heavy atom. The number of hydrogen-bond acceptors (Lipinski definition) is 3. The lowest BCUT2D eigenvalue weighted by Gasteiger charge is -2.28. The summed E-state index contributed by atoms with van der Waals surface area (Å²) in [4.78, 5) is 25.3. The molecule has 1 rings (SSSR count). The van der Waals surface area contributed by atoms with Crippen molar-refractivity contribution in [3.8, 4) is 5.75 Å². The zero-order valence-electron chi connectivity index (χ0n) is 16.2. The van der Waals surface area contributed by atoms with Crippen LogP contribution in [0, 0.1) is 0 Å². The molecule has 144 valence electrons. The van der Waals surface area contributed by atoms with E-state index in [0.717, 1.165) is 44.2 Å². The molecule has 0 heterocycles. The van der Waals surface area contributed by atoms with Crippen LogP contribution in [0.4, 0.5) is 0 Å². The summed E-state index contributed by atoms with van der Waals surface area (Å²) >= 11 is 0. The molecule has 1 aromatic carbocycles. The highest BCUT2D eigenvalue weighted by molar-refractivity contribution is 5.92. The van der Waals surface area contributed by atoms with Crippen LogP contribution >= 0.6 is 0 Å². The van der Waals surface area contributed by atoms with Gasteiger partial charge in [-0.05, 0) is 43.5 Å². The normalized spacial score (nSPS) is 12.1. The monoisotopic (exact) mass is 360 g/mol. The first-order valence-corrected chi connectivity index (χ1v) is 9.47. The summed E-state index contributed by atoms with van der Waals surface area (Å²) in [5.74, 6) is 0.116. The summed E-state index contributed by atoms with van der Waals surface area (Å²) in [5, 5.41) is 0. The molecule has 0 aliphatic carbocycles. The number of unbranched alkanes of at least 4 members (excludes halogenated alkanes) is 2. The summed E-state index contributed by atoms with van der Waals surface area (Å²) in [7, 11) is 0. The second kappa shape index (κ2) is 12.1. The Morgan fingerprint density at radius 1 is 1.15 bits per heavy atom. The van der Waals surface area contributed by atoms with Crippen molar-refractivity contribution in [2.75, 3.05) is 13.2 Å². The van der Waals surface area contributed by atoms with Crippen molar-refractivity contribution < 1.29 is 14.3 Å². The predicted octanol–water partition coefficient (Wildman–Crippen LogP) is 3.77. The highest BCUT2D eigenvalue weighted by Crippen LogP contribution is 2.14. The fourth-order valence-electron chi connectivity index (χ4n) is 2.75. The molecular weight excluding hydrogens is 328 g/mol. The fourth-order valence-corrected chi connectivity index (χ4v) is 2.75. The Kier molecular flexibility index (Phi) is 10.1. The van der Waals surface area contributed by atoms with Crippen LogP contribution in [0.1, 0.15) is 58.4 Å². The molecule has 2 N–H and O–H groups in total. The zero-order chi connectivity index (χ0) is 19.4. The molecule has 0 radical (unpaired) electrons. The van der Waals surface area contributed by atoms with Crippen LogP contribution in [0.5, 0.6) is 5.75 Å². The van der Waals surface area contributed by atoms with E-state index in [1.807, 2.05) is 23.1 Å². The van der Waals surface area contributed by atoms with E-state index in [1.54, 1.807) is 18.2 Å². The summed E-state index contributed by atoms with van der Waals surface area (Å²) in [6.45, 7) is 7.08. The standard InChI is InChI=1S/C21H32N2O3/c1-4-6-7-15-23(17(3)8-5-2)21(25)14-11-18-9-12-19(13-10-18)26-16-20(22)24/h9-14,17H,4-8,15-16H2,1-3H3,(H2,22,24)/b14-11+. The highest BCUT2D eigenvalue weighted by Gasteiger charge is 2.16. The van der Waals surface area contributed by atoms with E-state index in [1.165, 1.54) is 0 Å². The number of ether oxygens (including phenoxy) is 1. The van der Waals surface area contributed by atoms with Gasteiger partial charge in [0.25, 0.3) is 5.91 Å². The number of rotatable bonds is 12. The largest absolute Gasteiger partial charge is 0.484 e. The predicted molar refractivity (Wildman–Crippen MR) is 106 cm³/mol. The third-order valence-corrected chi connectivity index (χ3v) is 4.20. The van der Waals surface area contributed by atoms with Gasteiger partial charge in [0.1, 0.15) is 5.75 Å². The molecule has 1 unspecified atom stereocenters. The highest BCUT2D eigenvalue weighted by atomic mass is 16.5. The van der Waals surface area contributed by atoms with E-state index in [0.29, 0.717) is 5.75 Å². The van der Waals surface area contributed by atoms with Crippen LogP contribution < -0.4 is 10.5 Å². The Labute approximate surface area is 157 Å². The van der Waals surface area contributed by atoms with Gasteiger partial charge in [-0.15, -0.1) is 0 Å². The molecule has 0 saturated heterocycles. The van der Waals surface area contributed by atoms with Crippen LogP contribution in [0.15, 0.2) is 30.3 Å². The van der Waals surface area contributed by atoms with E-state index in [-0.39, 0.29) is 18.6 Å². The number of hydrogen-bond donors (Lipinski definition) is 1. The van der Waals surface area contributed by atoms with Gasteiger partial charge < -0.3 is 15.4 Å². The van der Waals surface area contributed by atoms with Crippen molar-refractivity contribution in [3.63, 3.8) is 0 Å². The van der Waals surface area contributed by atoms with E-state index >= 15 is 0 Å². The SMILES string of the molecule is CCCCCN(C(=O)/C=C/c1ccc(OCC(N)=O)cc1)C(C)CCC. The van der Waals surface area contributed by atoms with Crippen LogP contribution in [0.3, 0.4) is 0 Å². The molecule has 1 aromatic rings. The smallest absolute Gasteiger partial charge is 0.255 e. The molecule has 1 atom stereocenters. The summed E-state index contributed by atoms with van der Waals surface area (Å²) in [6, 6.07) is 7.45. The molecule has 26 heavy (non-hydrogen) atoms. The van der Waals surface area contributed by atoms with Gasteiger partial charge in [0.2, 0.25) is 5.91 Å². The third kappa shape index (κ3) is 8.19. The molecule has 0 aromatic heterocycles. The van der Waals surface area contributed by atoms with Crippen LogP contribution in [-0.2, 0) is 9.59 Å². The average molecular weight is 360 g/mol. The molecule has 0 aliphatic rings. The van der Waals surface area contributed by atoms with Crippen molar-refractivity contribution in [1.29, 1.82) is 0 Å². The second-order valence-electron chi connectivity index (χ2n) is 6.53. The van der Waals surface area contributed by atoms with Gasteiger partial charge in [-0.3, -0.25) is 9.59 Å². The molecule has 5 nitrogen and oxygen atoms in total. The third-order valence-electron chi connectivity index (χ3n) is 4.20. The molecule has 0 bridgehead atoms. The molecule has 2 amide bonds. The van der Waals surface area contributed by atoms with Crippen LogP contribution in [0.2, 0.25) is 0 Å². The number of benzene rings is 1. The van der Waals surface area contributed by atoms with Gasteiger partial charge in [-0.1, -0.05) is 45.2 Å². The van der Waals surface area contributed by atoms with E-state index in [2.05, 4.69) is 20.8 Å². The molecule has 0 saturated carbocycles. The lowest BCUT2D eigenvalue weighted by molar-refractivity contribution is -0.128. The van der Waals surface area contributed by atoms with Gasteiger partial charge in [0, 0.05) is 18.7 Å². The molecule has 0 fully saturated rings. The fraction of sp³-hybridized carbons (Fsp3) is 0.524. The van der Waals surface area contributed by atoms with Crippen molar-refractivity contribution in [3.05, 3.63) is 35.9 Å². The first-order chi connectivity index (χ1) is 12.5. The minimum absolute atomic E-state index is 0.0520. The zero-order valence-corrected chi connectivity index (χ0v) is 16.2. The molecule has 5 heteroatoms. The first-order valence-electron chi connectivity index (χ1n) is 9.47. The van der Waals surface area contributed by atoms with Crippen LogP contribution in [0.25, 0.3) is 6.08 Å². The van der Waals surface area contributed by atoms with Crippen LogP contribution in [-0.4, -0.2) is 35.9 Å². The number of carbonyl (C=O) groups excluding carboxylic acids is 2. The molecule has 0 aliphatic heterocycles. The maximum Gasteiger partial charge on any atom is 0.255 e. The van der Waals surface area contributed by atoms with Crippen molar-refractivity contribution in [2.24, 2.45) is 5.73 Å². The summed E-state index contributed by atoms with van der Waals surface area (Å²) in [5.41, 5.74) is 5.96. The Hall–Kier alpha value is -2.30. The van der Waals surface area contributed by atoms with E-state index < -0.39 is 5.91 Å². The number of carbonyl (C=O) groups is 2. The maximum atomic E-state index is 12.6. The summed E-state index contributed by atoms with van der Waals surface area (Å²) in [6.07, 6.45) is 8.84. The Balaban J connectivity index is 2.69. The molecule has 0 spiro atoms. The second-order valence-corrected chi connectivity index (χ2v) is 6.53. The number of nitrogens with zero attached hydrogens (tertiary/aromatic N) is 1. The topological polar surface area (TPSA) is 72.6 Å². The number of nitrogens with two attached hydrogens (primary N) is 1. The first kappa shape index (κ1) is 21.7. The maximum absolute atomic E-state index is 12.6. The van der Waals surface area contributed by atoms with E-state index in [4.69, 9.17) is 10.5 Å². The Morgan fingerprint density at radius 2 is 1.85 bits per heavy atom. The minimum Gasteiger partial charge on any atom is -0.484 e. The number of amides is 2. The summed E-state index contributed by atoms with van der Waals surface area (Å²) < 4.78 is 5.23. The van der Waals surface area contributed by atoms with Crippen molar-refractivity contribution in [1.82, 2.24) is 4.90 Å². The van der Waals surface area contributed by atoms with Gasteiger partial charge in [0.15, 0.2) is 6.61 Å². The lowest BCUT2D eigenvalue weighted by Crippen LogP contribution is -2.38. The lowest BCUT2D eigenvalue weighted by atomic mass is 10.1. The van der Waals surface area contributed by atoms with Crippen molar-refractivity contribution >= 4 is 17.9 Å². The minimum atomic E-state index is -0.510. The van der Waals surface area contributed by atoms with Gasteiger partial charge in [0.05, 0.1) is 0 Å².